The van der Waals surface area contributed by atoms with Crippen LogP contribution < -0.4 is 5.32 Å². The third-order valence-electron chi connectivity index (χ3n) is 4.49. The first-order chi connectivity index (χ1) is 13.7. The molecule has 3 aromatic rings. The zero-order valence-electron chi connectivity index (χ0n) is 16.7. The van der Waals surface area contributed by atoms with Crippen molar-refractivity contribution in [2.24, 2.45) is 0 Å². The number of anilines is 1. The molecule has 0 atom stereocenters. The summed E-state index contributed by atoms with van der Waals surface area (Å²) in [6.07, 6.45) is 0. The van der Waals surface area contributed by atoms with Crippen molar-refractivity contribution in [2.45, 2.75) is 26.2 Å². The summed E-state index contributed by atoms with van der Waals surface area (Å²) < 4.78 is 4.90. The van der Waals surface area contributed by atoms with E-state index in [2.05, 4.69) is 38.2 Å². The molecule has 150 valence electrons. The van der Waals surface area contributed by atoms with Gasteiger partial charge in [-0.15, -0.1) is 11.3 Å². The Morgan fingerprint density at radius 1 is 1.00 bits per heavy atom. The van der Waals surface area contributed by atoms with Crippen LogP contribution in [0.5, 0.6) is 0 Å². The lowest BCUT2D eigenvalue weighted by Crippen LogP contribution is -2.13. The topological polar surface area (TPSA) is 55.4 Å². The van der Waals surface area contributed by atoms with E-state index < -0.39 is 5.97 Å². The number of methoxy groups -OCH3 is 1. The standard InChI is InChI=1S/C23H22ClNO3S/c1-23(2,3)16-9-5-14(6-10-16)19-13-18(20(29-19)22(27)28-4)25-21(26)15-7-11-17(24)12-8-15/h5-13H,1-4H3,(H,25,26). The highest BCUT2D eigenvalue weighted by molar-refractivity contribution is 7.18. The lowest BCUT2D eigenvalue weighted by Gasteiger charge is -2.18. The van der Waals surface area contributed by atoms with Crippen molar-refractivity contribution in [1.82, 2.24) is 0 Å². The molecule has 6 heteroatoms. The molecule has 1 aromatic heterocycles. The summed E-state index contributed by atoms with van der Waals surface area (Å²) >= 11 is 7.17. The molecule has 0 aliphatic carbocycles. The molecule has 0 saturated heterocycles. The van der Waals surface area contributed by atoms with Crippen LogP contribution in [0.4, 0.5) is 5.69 Å². The summed E-state index contributed by atoms with van der Waals surface area (Å²) in [7, 11) is 1.32. The number of ether oxygens (including phenoxy) is 1. The third-order valence-corrected chi connectivity index (χ3v) is 5.91. The van der Waals surface area contributed by atoms with Crippen molar-refractivity contribution in [1.29, 1.82) is 0 Å². The van der Waals surface area contributed by atoms with Gasteiger partial charge in [0.05, 0.1) is 12.8 Å². The molecule has 2 aromatic carbocycles. The fourth-order valence-electron chi connectivity index (χ4n) is 2.80. The number of thiophene rings is 1. The molecule has 1 heterocycles. The van der Waals surface area contributed by atoms with Gasteiger partial charge in [0.25, 0.3) is 5.91 Å². The summed E-state index contributed by atoms with van der Waals surface area (Å²) in [6.45, 7) is 6.48. The lowest BCUT2D eigenvalue weighted by molar-refractivity contribution is 0.0607. The number of carbonyl (C=O) groups is 2. The predicted molar refractivity (Wildman–Crippen MR) is 119 cm³/mol. The Morgan fingerprint density at radius 2 is 1.62 bits per heavy atom. The Labute approximate surface area is 179 Å². The van der Waals surface area contributed by atoms with Crippen molar-refractivity contribution in [3.05, 3.63) is 75.6 Å². The van der Waals surface area contributed by atoms with Crippen molar-refractivity contribution in [2.75, 3.05) is 12.4 Å². The minimum atomic E-state index is -0.487. The molecule has 0 aliphatic heterocycles. The molecule has 0 saturated carbocycles. The summed E-state index contributed by atoms with van der Waals surface area (Å²) in [5.74, 6) is -0.807. The van der Waals surface area contributed by atoms with Crippen LogP contribution in [0.15, 0.2) is 54.6 Å². The molecule has 0 bridgehead atoms. The molecular weight excluding hydrogens is 406 g/mol. The van der Waals surface area contributed by atoms with E-state index in [4.69, 9.17) is 16.3 Å². The summed E-state index contributed by atoms with van der Waals surface area (Å²) in [5.41, 5.74) is 3.13. The fourth-order valence-corrected chi connectivity index (χ4v) is 3.96. The highest BCUT2D eigenvalue weighted by Crippen LogP contribution is 2.36. The maximum absolute atomic E-state index is 12.6. The SMILES string of the molecule is COC(=O)c1sc(-c2ccc(C(C)(C)C)cc2)cc1NC(=O)c1ccc(Cl)cc1. The van der Waals surface area contributed by atoms with Gasteiger partial charge in [0, 0.05) is 15.5 Å². The molecule has 0 fully saturated rings. The van der Waals surface area contributed by atoms with Crippen molar-refractivity contribution < 1.29 is 14.3 Å². The maximum Gasteiger partial charge on any atom is 0.350 e. The van der Waals surface area contributed by atoms with Crippen LogP contribution >= 0.6 is 22.9 Å². The molecule has 0 aliphatic rings. The van der Waals surface area contributed by atoms with Gasteiger partial charge in [-0.3, -0.25) is 4.79 Å². The molecule has 0 radical (unpaired) electrons. The Balaban J connectivity index is 1.93. The van der Waals surface area contributed by atoms with Gasteiger partial charge in [0.1, 0.15) is 4.88 Å². The van der Waals surface area contributed by atoms with Gasteiger partial charge in [-0.2, -0.15) is 0 Å². The highest BCUT2D eigenvalue weighted by atomic mass is 35.5. The number of halogens is 1. The lowest BCUT2D eigenvalue weighted by atomic mass is 9.86. The number of hydrogen-bond acceptors (Lipinski definition) is 4. The zero-order valence-corrected chi connectivity index (χ0v) is 18.3. The number of nitrogens with one attached hydrogen (secondary N) is 1. The van der Waals surface area contributed by atoms with Crippen LogP contribution in [0.1, 0.15) is 46.4 Å². The van der Waals surface area contributed by atoms with E-state index in [1.54, 1.807) is 30.3 Å². The minimum Gasteiger partial charge on any atom is -0.465 e. The van der Waals surface area contributed by atoms with Gasteiger partial charge >= 0.3 is 5.97 Å². The summed E-state index contributed by atoms with van der Waals surface area (Å²) in [5, 5.41) is 3.36. The average Bonchev–Trinajstić information content (AvgIpc) is 3.11. The average molecular weight is 428 g/mol. The quantitative estimate of drug-likeness (QED) is 0.490. The van der Waals surface area contributed by atoms with Gasteiger partial charge < -0.3 is 10.1 Å². The van der Waals surface area contributed by atoms with Crippen molar-refractivity contribution in [3.8, 4) is 10.4 Å². The van der Waals surface area contributed by atoms with E-state index in [0.717, 1.165) is 10.4 Å². The first-order valence-electron chi connectivity index (χ1n) is 9.09. The normalized spacial score (nSPS) is 11.2. The van der Waals surface area contributed by atoms with Gasteiger partial charge in [0.2, 0.25) is 0 Å². The summed E-state index contributed by atoms with van der Waals surface area (Å²) in [4.78, 5) is 26.1. The smallest absolute Gasteiger partial charge is 0.350 e. The minimum absolute atomic E-state index is 0.0584. The van der Waals surface area contributed by atoms with Gasteiger partial charge in [-0.25, -0.2) is 4.79 Å². The van der Waals surface area contributed by atoms with Crippen molar-refractivity contribution >= 4 is 40.5 Å². The van der Waals surface area contributed by atoms with Crippen molar-refractivity contribution in [3.63, 3.8) is 0 Å². The van der Waals surface area contributed by atoms with Gasteiger partial charge in [0.15, 0.2) is 0 Å². The molecular formula is C23H22ClNO3S. The monoisotopic (exact) mass is 427 g/mol. The highest BCUT2D eigenvalue weighted by Gasteiger charge is 2.20. The predicted octanol–water partition coefficient (Wildman–Crippen LogP) is 6.40. The molecule has 1 amide bonds. The van der Waals surface area contributed by atoms with E-state index in [1.807, 2.05) is 12.1 Å². The van der Waals surface area contributed by atoms with E-state index in [0.29, 0.717) is 21.2 Å². The number of carbonyl (C=O) groups excluding carboxylic acids is 2. The second-order valence-corrected chi connectivity index (χ2v) is 9.12. The maximum atomic E-state index is 12.6. The van der Waals surface area contributed by atoms with Gasteiger partial charge in [-0.1, -0.05) is 56.6 Å². The van der Waals surface area contributed by atoms with Crippen LogP contribution in [0.3, 0.4) is 0 Å². The number of esters is 1. The zero-order chi connectivity index (χ0) is 21.2. The molecule has 0 spiro atoms. The van der Waals surface area contributed by atoms with Crippen LogP contribution in [-0.2, 0) is 10.2 Å². The fraction of sp³-hybridized carbons (Fsp3) is 0.217. The Kier molecular flexibility index (Phi) is 6.10. The number of benzene rings is 2. The summed E-state index contributed by atoms with van der Waals surface area (Å²) in [6, 6.07) is 16.6. The Bertz CT molecular complexity index is 1030. The van der Waals surface area contributed by atoms with E-state index in [1.165, 1.54) is 24.0 Å². The van der Waals surface area contributed by atoms with E-state index >= 15 is 0 Å². The molecule has 4 nitrogen and oxygen atoms in total. The molecule has 0 unspecified atom stereocenters. The van der Waals surface area contributed by atoms with Crippen LogP contribution in [-0.4, -0.2) is 19.0 Å². The number of rotatable bonds is 4. The largest absolute Gasteiger partial charge is 0.465 e. The Morgan fingerprint density at radius 3 is 2.17 bits per heavy atom. The van der Waals surface area contributed by atoms with E-state index in [9.17, 15) is 9.59 Å². The Hall–Kier alpha value is -2.63. The van der Waals surface area contributed by atoms with Crippen LogP contribution in [0.2, 0.25) is 5.02 Å². The number of amides is 1. The van der Waals surface area contributed by atoms with Crippen LogP contribution in [0.25, 0.3) is 10.4 Å². The van der Waals surface area contributed by atoms with Gasteiger partial charge in [-0.05, 0) is 46.9 Å². The molecule has 1 N–H and O–H groups in total. The molecule has 29 heavy (non-hydrogen) atoms. The second-order valence-electron chi connectivity index (χ2n) is 7.63. The van der Waals surface area contributed by atoms with E-state index in [-0.39, 0.29) is 11.3 Å². The first-order valence-corrected chi connectivity index (χ1v) is 10.3. The number of hydrogen-bond donors (Lipinski definition) is 1. The first kappa shape index (κ1) is 21.1. The van der Waals surface area contributed by atoms with Crippen LogP contribution in [0, 0.1) is 0 Å². The third kappa shape index (κ3) is 4.86. The second kappa shape index (κ2) is 8.39. The molecule has 3 rings (SSSR count).